The summed E-state index contributed by atoms with van der Waals surface area (Å²) >= 11 is 0. The molecular weight excluding hydrogens is 1210 g/mol. The molecule has 546 valence electrons. The molecule has 15 N–H and O–H groups in total. The van der Waals surface area contributed by atoms with Crippen molar-refractivity contribution in [3.8, 4) is 0 Å². The predicted octanol–water partition coefficient (Wildman–Crippen LogP) is 4.12. The van der Waals surface area contributed by atoms with Crippen molar-refractivity contribution in [2.75, 3.05) is 33.0 Å². The molecule has 4 heterocycles. The number of hydrogen-bond donors (Lipinski definition) is 15. The number of allylic oxidation sites excluding steroid dienone is 1. The molecule has 0 radical (unpaired) electrons. The van der Waals surface area contributed by atoms with Gasteiger partial charge >= 0.3 is 0 Å². The van der Waals surface area contributed by atoms with E-state index in [1.807, 2.05) is 6.08 Å². The fraction of sp³-hybridized carbons (Fsp3) is 0.941. The normalized spacial score (nSPS) is 32.4. The fourth-order valence-electron chi connectivity index (χ4n) is 12.8. The molecule has 0 saturated carbocycles. The number of ether oxygens (including phenoxy) is 8. The molecule has 0 bridgehead atoms. The van der Waals surface area contributed by atoms with Crippen LogP contribution in [0.3, 0.4) is 0 Å². The second-order valence-corrected chi connectivity index (χ2v) is 26.4. The standard InChI is InChI=1S/C68H126N2O23/c1-4-6-8-10-12-14-16-18-19-20-21-22-23-24-25-27-29-31-33-35-37-39-52(77)70-46(47(76)38-36-34-32-30-28-26-17-15-13-11-9-7-5-2)44-86-66-59(83)57(81)62(50(42-73)89-66)91-67-60(84)58(82)63(51(43-74)90-67)92-68-61(85)64(55(79)49(41-72)88-68)93-65-53(69-45(3)75)56(80)54(78)48(40-71)87-65/h36,38,46-51,53-68,71-74,76,78-85H,4-35,37,39-44H2,1-3H3,(H,69,75)(H,70,77)/b38-36+/t46-,47+,48?,49?,50?,51?,53?,54-,55-,56+,57+,58+,59?,60?,61?,62+,63-,64-,65-,66+,67-,68-/m0/s1. The predicted molar refractivity (Wildman–Crippen MR) is 345 cm³/mol. The quantitative estimate of drug-likeness (QED) is 0.0301. The summed E-state index contributed by atoms with van der Waals surface area (Å²) in [4.78, 5) is 25.5. The number of nitrogens with one attached hydrogen (secondary N) is 2. The first kappa shape index (κ1) is 83.3. The molecule has 0 spiro atoms. The van der Waals surface area contributed by atoms with Gasteiger partial charge in [0.25, 0.3) is 0 Å². The maximum Gasteiger partial charge on any atom is 0.220 e. The molecule has 4 aliphatic heterocycles. The van der Waals surface area contributed by atoms with Crippen LogP contribution in [0.25, 0.3) is 0 Å². The third-order valence-corrected chi connectivity index (χ3v) is 18.6. The lowest BCUT2D eigenvalue weighted by Gasteiger charge is -2.49. The van der Waals surface area contributed by atoms with Crippen LogP contribution in [0.1, 0.15) is 239 Å². The Hall–Kier alpha value is -2.16. The monoisotopic (exact) mass is 1340 g/mol. The maximum absolute atomic E-state index is 13.4. The van der Waals surface area contributed by atoms with Crippen LogP contribution >= 0.6 is 0 Å². The minimum absolute atomic E-state index is 0.219. The number of unbranched alkanes of at least 4 members (excludes halogenated alkanes) is 31. The molecule has 93 heavy (non-hydrogen) atoms. The lowest BCUT2D eigenvalue weighted by molar-refractivity contribution is -0.386. The second-order valence-electron chi connectivity index (χ2n) is 26.4. The summed E-state index contributed by atoms with van der Waals surface area (Å²) < 4.78 is 46.5. The Kier molecular flexibility index (Phi) is 43.5. The molecule has 25 heteroatoms. The average molecular weight is 1340 g/mol. The second kappa shape index (κ2) is 48.6. The van der Waals surface area contributed by atoms with E-state index in [0.29, 0.717) is 12.8 Å². The van der Waals surface area contributed by atoms with Gasteiger partial charge in [-0.1, -0.05) is 219 Å². The van der Waals surface area contributed by atoms with Crippen molar-refractivity contribution in [3.63, 3.8) is 0 Å². The van der Waals surface area contributed by atoms with Gasteiger partial charge < -0.3 is 115 Å². The molecule has 4 aliphatic rings. The van der Waals surface area contributed by atoms with E-state index >= 15 is 0 Å². The van der Waals surface area contributed by atoms with Crippen LogP contribution in [0.5, 0.6) is 0 Å². The summed E-state index contributed by atoms with van der Waals surface area (Å²) in [6, 6.07) is -2.53. The van der Waals surface area contributed by atoms with Crippen LogP contribution < -0.4 is 10.6 Å². The summed E-state index contributed by atoms with van der Waals surface area (Å²) in [6.45, 7) is 1.65. The highest BCUT2D eigenvalue weighted by molar-refractivity contribution is 5.76. The lowest BCUT2D eigenvalue weighted by Crippen LogP contribution is -2.69. The molecule has 8 unspecified atom stereocenters. The van der Waals surface area contributed by atoms with Gasteiger partial charge in [-0.3, -0.25) is 9.59 Å². The molecule has 0 aromatic heterocycles. The number of aliphatic hydroxyl groups excluding tert-OH is 13. The Morgan fingerprint density at radius 2 is 0.785 bits per heavy atom. The Morgan fingerprint density at radius 3 is 1.23 bits per heavy atom. The third-order valence-electron chi connectivity index (χ3n) is 18.6. The van der Waals surface area contributed by atoms with Crippen LogP contribution in [0.15, 0.2) is 12.2 Å². The number of hydrogen-bond acceptors (Lipinski definition) is 23. The molecular formula is C68H126N2O23. The number of carbonyl (C=O) groups is 2. The van der Waals surface area contributed by atoms with Gasteiger partial charge in [-0.2, -0.15) is 0 Å². The van der Waals surface area contributed by atoms with E-state index in [9.17, 15) is 76.0 Å². The Bertz CT molecular complexity index is 1930. The van der Waals surface area contributed by atoms with E-state index in [2.05, 4.69) is 24.5 Å². The van der Waals surface area contributed by atoms with E-state index in [0.717, 1.165) is 45.4 Å². The van der Waals surface area contributed by atoms with Gasteiger partial charge in [-0.25, -0.2) is 0 Å². The molecule has 4 fully saturated rings. The van der Waals surface area contributed by atoms with Crippen molar-refractivity contribution in [1.29, 1.82) is 0 Å². The van der Waals surface area contributed by atoms with E-state index in [4.69, 9.17) is 37.9 Å². The van der Waals surface area contributed by atoms with Crippen molar-refractivity contribution < 1.29 is 114 Å². The van der Waals surface area contributed by atoms with Crippen molar-refractivity contribution in [1.82, 2.24) is 10.6 Å². The Morgan fingerprint density at radius 1 is 0.419 bits per heavy atom. The van der Waals surface area contributed by atoms with Gasteiger partial charge in [-0.15, -0.1) is 0 Å². The topological polar surface area (TPSA) is 395 Å². The van der Waals surface area contributed by atoms with Gasteiger partial charge in [0.15, 0.2) is 25.2 Å². The highest BCUT2D eigenvalue weighted by atomic mass is 16.8. The van der Waals surface area contributed by atoms with Gasteiger partial charge in [0.05, 0.1) is 45.2 Å². The summed E-state index contributed by atoms with van der Waals surface area (Å²) in [5.41, 5.74) is 0. The summed E-state index contributed by atoms with van der Waals surface area (Å²) in [6.07, 6.45) is 8.46. The minimum atomic E-state index is -2.10. The highest BCUT2D eigenvalue weighted by Gasteiger charge is 2.56. The van der Waals surface area contributed by atoms with Gasteiger partial charge in [0.2, 0.25) is 11.8 Å². The summed E-state index contributed by atoms with van der Waals surface area (Å²) in [7, 11) is 0. The maximum atomic E-state index is 13.4. The molecule has 25 nitrogen and oxygen atoms in total. The van der Waals surface area contributed by atoms with Crippen molar-refractivity contribution in [2.24, 2.45) is 0 Å². The number of carbonyl (C=O) groups excluding carboxylic acids is 2. The zero-order chi connectivity index (χ0) is 67.9. The average Bonchev–Trinajstić information content (AvgIpc) is 1.36. The number of aliphatic hydroxyl groups is 13. The molecule has 4 rings (SSSR count). The molecule has 0 aromatic carbocycles. The zero-order valence-electron chi connectivity index (χ0n) is 56.3. The highest BCUT2D eigenvalue weighted by Crippen LogP contribution is 2.35. The molecule has 0 aromatic rings. The lowest BCUT2D eigenvalue weighted by atomic mass is 9.95. The minimum Gasteiger partial charge on any atom is -0.394 e. The first-order chi connectivity index (χ1) is 45.0. The van der Waals surface area contributed by atoms with Crippen molar-refractivity contribution in [3.05, 3.63) is 12.2 Å². The summed E-state index contributed by atoms with van der Waals surface area (Å²) in [5.74, 6) is -0.999. The van der Waals surface area contributed by atoms with Crippen LogP contribution in [0, 0.1) is 0 Å². The molecule has 2 amide bonds. The Balaban J connectivity index is 1.29. The largest absolute Gasteiger partial charge is 0.394 e. The third kappa shape index (κ3) is 29.7. The van der Waals surface area contributed by atoms with Gasteiger partial charge in [0, 0.05) is 13.3 Å². The van der Waals surface area contributed by atoms with Crippen molar-refractivity contribution >= 4 is 11.8 Å². The zero-order valence-corrected chi connectivity index (χ0v) is 56.3. The Labute approximate surface area is 553 Å². The van der Waals surface area contributed by atoms with Gasteiger partial charge in [-0.05, 0) is 19.3 Å². The SMILES string of the molecule is CCCCCCCCCCCCC/C=C/[C@@H](O)[C@H](CO[C@@H]1OC(CO)[C@@H](O[C@@H]2OC(CO)[C@H](O[C@@H]3OC(CO)[C@H](O)[C@H](O[C@@H]4OC(CO)[C@H](O)[C@H](O)C4NC(C)=O)C3O)[C@H](O)C2O)[C@H](O)C1O)NC(=O)CCCCCCCCCCCCCCCCCCCCCCC. The first-order valence-corrected chi connectivity index (χ1v) is 35.9. The molecule has 0 aliphatic carbocycles. The van der Waals surface area contributed by atoms with E-state index < -0.39 is 174 Å². The smallest absolute Gasteiger partial charge is 0.220 e. The van der Waals surface area contributed by atoms with Crippen molar-refractivity contribution in [2.45, 2.75) is 374 Å². The van der Waals surface area contributed by atoms with Crippen LogP contribution in [-0.4, -0.2) is 246 Å². The molecule has 22 atom stereocenters. The van der Waals surface area contributed by atoms with E-state index in [1.54, 1.807) is 6.08 Å². The molecule has 4 saturated heterocycles. The van der Waals surface area contributed by atoms with Gasteiger partial charge in [0.1, 0.15) is 97.6 Å². The van der Waals surface area contributed by atoms with Crippen LogP contribution in [0.4, 0.5) is 0 Å². The van der Waals surface area contributed by atoms with Crippen LogP contribution in [-0.2, 0) is 47.5 Å². The summed E-state index contributed by atoms with van der Waals surface area (Å²) in [5, 5.41) is 148. The number of rotatable bonds is 51. The van der Waals surface area contributed by atoms with E-state index in [-0.39, 0.29) is 12.3 Å². The van der Waals surface area contributed by atoms with E-state index in [1.165, 1.54) is 161 Å². The van der Waals surface area contributed by atoms with Crippen LogP contribution in [0.2, 0.25) is 0 Å². The fourth-order valence-corrected chi connectivity index (χ4v) is 12.8. The number of amides is 2. The first-order valence-electron chi connectivity index (χ1n) is 35.9.